The Hall–Kier alpha value is -2.76. The van der Waals surface area contributed by atoms with Crippen LogP contribution in [-0.2, 0) is 9.59 Å². The second kappa shape index (κ2) is 10.1. The van der Waals surface area contributed by atoms with Crippen molar-refractivity contribution in [3.05, 3.63) is 42.5 Å². The molecule has 0 fully saturated rings. The number of hydrogen-bond donors (Lipinski definition) is 2. The Bertz CT molecular complexity index is 611. The summed E-state index contributed by atoms with van der Waals surface area (Å²) in [7, 11) is 1.55. The molecule has 0 saturated carbocycles. The molecule has 6 heteroatoms. The fourth-order valence-corrected chi connectivity index (χ4v) is 1.88. The Labute approximate surface area is 142 Å². The molecule has 2 N–H and O–H groups in total. The van der Waals surface area contributed by atoms with E-state index in [0.29, 0.717) is 24.7 Å². The fraction of sp³-hybridized carbons (Fsp3) is 0.333. The predicted molar refractivity (Wildman–Crippen MR) is 94.0 cm³/mol. The normalized spacial score (nSPS) is 11.6. The average molecular weight is 332 g/mol. The zero-order valence-corrected chi connectivity index (χ0v) is 14.3. The van der Waals surface area contributed by atoms with E-state index < -0.39 is 6.04 Å². The highest BCUT2D eigenvalue weighted by molar-refractivity contribution is 5.95. The lowest BCUT2D eigenvalue weighted by atomic mass is 10.2. The molecule has 6 nitrogen and oxygen atoms in total. The molecule has 24 heavy (non-hydrogen) atoms. The van der Waals surface area contributed by atoms with Gasteiger partial charge in [-0.1, -0.05) is 18.7 Å². The van der Waals surface area contributed by atoms with Crippen LogP contribution in [0.4, 0.5) is 0 Å². The molecule has 0 spiro atoms. The summed E-state index contributed by atoms with van der Waals surface area (Å²) in [6.45, 7) is 7.95. The molecule has 0 heterocycles. The summed E-state index contributed by atoms with van der Waals surface area (Å²) in [5.41, 5.74) is 0.776. The van der Waals surface area contributed by atoms with Crippen LogP contribution in [0.1, 0.15) is 19.4 Å². The smallest absolute Gasteiger partial charge is 0.244 e. The van der Waals surface area contributed by atoms with Gasteiger partial charge >= 0.3 is 0 Å². The third kappa shape index (κ3) is 6.16. The maximum absolute atomic E-state index is 11.9. The minimum atomic E-state index is -0.591. The third-order valence-corrected chi connectivity index (χ3v) is 3.07. The number of carbonyl (C=O) groups is 2. The molecule has 130 valence electrons. The molecule has 1 atom stereocenters. The maximum atomic E-state index is 11.9. The molecule has 0 radical (unpaired) electrons. The minimum Gasteiger partial charge on any atom is -0.493 e. The topological polar surface area (TPSA) is 76.7 Å². The molecule has 2 amide bonds. The van der Waals surface area contributed by atoms with E-state index in [-0.39, 0.29) is 11.8 Å². The summed E-state index contributed by atoms with van der Waals surface area (Å²) < 4.78 is 10.7. The van der Waals surface area contributed by atoms with Crippen LogP contribution in [0, 0.1) is 0 Å². The van der Waals surface area contributed by atoms with Crippen LogP contribution in [0.15, 0.2) is 36.9 Å². The quantitative estimate of drug-likeness (QED) is 0.535. The first-order chi connectivity index (χ1) is 11.5. The molecule has 0 aliphatic heterocycles. The van der Waals surface area contributed by atoms with Gasteiger partial charge in [0.1, 0.15) is 12.6 Å². The lowest BCUT2D eigenvalue weighted by Crippen LogP contribution is -2.44. The van der Waals surface area contributed by atoms with Crippen molar-refractivity contribution in [2.24, 2.45) is 0 Å². The number of amides is 2. The number of benzene rings is 1. The van der Waals surface area contributed by atoms with Crippen molar-refractivity contribution in [3.63, 3.8) is 0 Å². The van der Waals surface area contributed by atoms with E-state index in [1.807, 2.05) is 6.92 Å². The highest BCUT2D eigenvalue weighted by Crippen LogP contribution is 2.28. The summed E-state index contributed by atoms with van der Waals surface area (Å²) in [6, 6.07) is 4.73. The van der Waals surface area contributed by atoms with E-state index in [2.05, 4.69) is 17.2 Å². The van der Waals surface area contributed by atoms with Gasteiger partial charge in [-0.05, 0) is 37.6 Å². The number of nitrogens with one attached hydrogen (secondary N) is 2. The van der Waals surface area contributed by atoms with Gasteiger partial charge in [0.15, 0.2) is 11.5 Å². The van der Waals surface area contributed by atoms with E-state index in [4.69, 9.17) is 9.47 Å². The SMILES string of the molecule is C=CCOc1ccc(/C=C/C(=O)N[C@@H](C)C(=O)NCC)cc1OC. The number of likely N-dealkylation sites (N-methyl/N-ethyl adjacent to an activating group) is 1. The number of hydrogen-bond acceptors (Lipinski definition) is 4. The van der Waals surface area contributed by atoms with Crippen molar-refractivity contribution in [1.29, 1.82) is 0 Å². The molecule has 1 aromatic carbocycles. The molecule has 0 bridgehead atoms. The zero-order chi connectivity index (χ0) is 17.9. The maximum Gasteiger partial charge on any atom is 0.244 e. The Morgan fingerprint density at radius 2 is 2.08 bits per heavy atom. The Morgan fingerprint density at radius 1 is 1.33 bits per heavy atom. The highest BCUT2D eigenvalue weighted by atomic mass is 16.5. The van der Waals surface area contributed by atoms with Crippen LogP contribution in [0.5, 0.6) is 11.5 Å². The molecule has 0 saturated heterocycles. The van der Waals surface area contributed by atoms with Crippen molar-refractivity contribution >= 4 is 17.9 Å². The van der Waals surface area contributed by atoms with Crippen molar-refractivity contribution in [1.82, 2.24) is 10.6 Å². The summed E-state index contributed by atoms with van der Waals surface area (Å²) in [6.07, 6.45) is 4.65. The van der Waals surface area contributed by atoms with Gasteiger partial charge in [-0.25, -0.2) is 0 Å². The zero-order valence-electron chi connectivity index (χ0n) is 14.3. The number of rotatable bonds is 9. The first-order valence-corrected chi connectivity index (χ1v) is 7.69. The van der Waals surface area contributed by atoms with Gasteiger partial charge in [0, 0.05) is 12.6 Å². The third-order valence-electron chi connectivity index (χ3n) is 3.07. The number of carbonyl (C=O) groups excluding carboxylic acids is 2. The van der Waals surface area contributed by atoms with Gasteiger partial charge in [0.05, 0.1) is 7.11 Å². The van der Waals surface area contributed by atoms with E-state index in [1.165, 1.54) is 6.08 Å². The van der Waals surface area contributed by atoms with Gasteiger partial charge in [0.2, 0.25) is 11.8 Å². The predicted octanol–water partition coefficient (Wildman–Crippen LogP) is 1.91. The summed E-state index contributed by atoms with van der Waals surface area (Å²) in [5, 5.41) is 5.25. The second-order valence-corrected chi connectivity index (χ2v) is 4.97. The summed E-state index contributed by atoms with van der Waals surface area (Å²) >= 11 is 0. The fourth-order valence-electron chi connectivity index (χ4n) is 1.88. The Kier molecular flexibility index (Phi) is 8.11. The van der Waals surface area contributed by atoms with Gasteiger partial charge in [-0.3, -0.25) is 9.59 Å². The molecule has 0 unspecified atom stereocenters. The number of ether oxygens (including phenoxy) is 2. The van der Waals surface area contributed by atoms with Crippen molar-refractivity contribution < 1.29 is 19.1 Å². The average Bonchev–Trinajstić information content (AvgIpc) is 2.58. The van der Waals surface area contributed by atoms with Crippen LogP contribution in [0.3, 0.4) is 0 Å². The van der Waals surface area contributed by atoms with Gasteiger partial charge in [-0.2, -0.15) is 0 Å². The standard InChI is InChI=1S/C18H24N2O4/c1-5-11-24-15-9-7-14(12-16(15)23-4)8-10-17(21)20-13(3)18(22)19-6-2/h5,7-10,12-13H,1,6,11H2,2-4H3,(H,19,22)(H,20,21)/b10-8+/t13-/m0/s1. The summed E-state index contributed by atoms with van der Waals surface area (Å²) in [4.78, 5) is 23.4. The second-order valence-electron chi connectivity index (χ2n) is 4.97. The van der Waals surface area contributed by atoms with Crippen LogP contribution >= 0.6 is 0 Å². The van der Waals surface area contributed by atoms with Gasteiger partial charge in [0.25, 0.3) is 0 Å². The summed E-state index contributed by atoms with van der Waals surface area (Å²) in [5.74, 6) is 0.600. The van der Waals surface area contributed by atoms with E-state index in [9.17, 15) is 9.59 Å². The molecular weight excluding hydrogens is 308 g/mol. The molecule has 1 aromatic rings. The monoisotopic (exact) mass is 332 g/mol. The van der Waals surface area contributed by atoms with Gasteiger partial charge < -0.3 is 20.1 Å². The van der Waals surface area contributed by atoms with Crippen LogP contribution in [0.25, 0.3) is 6.08 Å². The first-order valence-electron chi connectivity index (χ1n) is 7.69. The molecule has 0 aromatic heterocycles. The first kappa shape index (κ1) is 19.3. The Morgan fingerprint density at radius 3 is 2.71 bits per heavy atom. The van der Waals surface area contributed by atoms with Crippen LogP contribution in [0.2, 0.25) is 0 Å². The minimum absolute atomic E-state index is 0.218. The van der Waals surface area contributed by atoms with E-state index >= 15 is 0 Å². The largest absolute Gasteiger partial charge is 0.493 e. The number of methoxy groups -OCH3 is 1. The van der Waals surface area contributed by atoms with Crippen molar-refractivity contribution in [2.45, 2.75) is 19.9 Å². The molecule has 0 aliphatic rings. The van der Waals surface area contributed by atoms with E-state index in [0.717, 1.165) is 5.56 Å². The van der Waals surface area contributed by atoms with Crippen molar-refractivity contribution in [2.75, 3.05) is 20.3 Å². The highest BCUT2D eigenvalue weighted by Gasteiger charge is 2.12. The molecular formula is C18H24N2O4. The molecule has 0 aliphatic carbocycles. The van der Waals surface area contributed by atoms with Gasteiger partial charge in [-0.15, -0.1) is 0 Å². The van der Waals surface area contributed by atoms with E-state index in [1.54, 1.807) is 44.4 Å². The lowest BCUT2D eigenvalue weighted by molar-refractivity contribution is -0.126. The van der Waals surface area contributed by atoms with Crippen LogP contribution in [-0.4, -0.2) is 38.1 Å². The van der Waals surface area contributed by atoms with Crippen LogP contribution < -0.4 is 20.1 Å². The Balaban J connectivity index is 2.70. The molecule has 1 rings (SSSR count). The van der Waals surface area contributed by atoms with Crippen molar-refractivity contribution in [3.8, 4) is 11.5 Å². The lowest BCUT2D eigenvalue weighted by Gasteiger charge is -2.11.